The zero-order valence-corrected chi connectivity index (χ0v) is 18.3. The summed E-state index contributed by atoms with van der Waals surface area (Å²) in [6, 6.07) is 10.2. The van der Waals surface area contributed by atoms with Crippen molar-refractivity contribution in [3.63, 3.8) is 0 Å². The fraction of sp³-hybridized carbons (Fsp3) is 0.200. The lowest BCUT2D eigenvalue weighted by atomic mass is 10.3. The van der Waals surface area contributed by atoms with Gasteiger partial charge in [-0.15, -0.1) is 11.3 Å². The van der Waals surface area contributed by atoms with Gasteiger partial charge in [-0.2, -0.15) is 0 Å². The molecular formula is C20H18N4O5S2. The van der Waals surface area contributed by atoms with E-state index in [1.807, 2.05) is 6.26 Å². The van der Waals surface area contributed by atoms with E-state index in [1.54, 1.807) is 36.4 Å². The molecule has 0 unspecified atom stereocenters. The number of amides is 1. The maximum Gasteiger partial charge on any atom is 0.337 e. The molecule has 4 rings (SSSR count). The lowest BCUT2D eigenvalue weighted by molar-refractivity contribution is -0.121. The van der Waals surface area contributed by atoms with Gasteiger partial charge < -0.3 is 14.5 Å². The first-order valence-corrected chi connectivity index (χ1v) is 11.2. The molecule has 31 heavy (non-hydrogen) atoms. The smallest absolute Gasteiger partial charge is 0.337 e. The third-order valence-electron chi connectivity index (χ3n) is 4.51. The Morgan fingerprint density at radius 1 is 1.26 bits per heavy atom. The SMILES string of the molecule is COc1ccccc1-n1c(=O)c2sc(SC)nc2n(CC(=O)NCc2ccco2)c1=O. The molecule has 9 nitrogen and oxygen atoms in total. The molecule has 0 aliphatic heterocycles. The van der Waals surface area contributed by atoms with E-state index in [-0.39, 0.29) is 23.4 Å². The molecule has 1 aromatic carbocycles. The van der Waals surface area contributed by atoms with Crippen LogP contribution in [-0.2, 0) is 17.9 Å². The monoisotopic (exact) mass is 458 g/mol. The lowest BCUT2D eigenvalue weighted by Gasteiger charge is -2.13. The highest BCUT2D eigenvalue weighted by molar-refractivity contribution is 8.00. The minimum Gasteiger partial charge on any atom is -0.495 e. The molecule has 1 amide bonds. The second-order valence-corrected chi connectivity index (χ2v) is 8.43. The number of rotatable bonds is 7. The van der Waals surface area contributed by atoms with E-state index in [0.29, 0.717) is 21.5 Å². The molecule has 0 aliphatic rings. The van der Waals surface area contributed by atoms with Gasteiger partial charge in [-0.05, 0) is 30.5 Å². The summed E-state index contributed by atoms with van der Waals surface area (Å²) in [6.45, 7) is -0.119. The van der Waals surface area contributed by atoms with Crippen LogP contribution in [0.25, 0.3) is 16.0 Å². The van der Waals surface area contributed by atoms with Crippen molar-refractivity contribution in [2.75, 3.05) is 13.4 Å². The van der Waals surface area contributed by atoms with Gasteiger partial charge in [0.25, 0.3) is 5.56 Å². The summed E-state index contributed by atoms with van der Waals surface area (Å²) < 4.78 is 13.7. The number of ether oxygens (including phenoxy) is 1. The van der Waals surface area contributed by atoms with Crippen molar-refractivity contribution in [2.45, 2.75) is 17.4 Å². The van der Waals surface area contributed by atoms with Crippen LogP contribution in [0.3, 0.4) is 0 Å². The van der Waals surface area contributed by atoms with Crippen molar-refractivity contribution in [1.82, 2.24) is 19.4 Å². The minimum atomic E-state index is -0.673. The summed E-state index contributed by atoms with van der Waals surface area (Å²) in [5.74, 6) is 0.538. The summed E-state index contributed by atoms with van der Waals surface area (Å²) in [6.07, 6.45) is 3.34. The van der Waals surface area contributed by atoms with Gasteiger partial charge in [-0.3, -0.25) is 14.2 Å². The van der Waals surface area contributed by atoms with E-state index in [9.17, 15) is 14.4 Å². The summed E-state index contributed by atoms with van der Waals surface area (Å²) >= 11 is 2.54. The van der Waals surface area contributed by atoms with Crippen molar-refractivity contribution in [3.8, 4) is 11.4 Å². The number of hydrogen-bond donors (Lipinski definition) is 1. The Balaban J connectivity index is 1.83. The summed E-state index contributed by atoms with van der Waals surface area (Å²) in [5, 5.41) is 2.71. The molecule has 0 bridgehead atoms. The van der Waals surface area contributed by atoms with Gasteiger partial charge >= 0.3 is 5.69 Å². The summed E-state index contributed by atoms with van der Waals surface area (Å²) in [7, 11) is 1.46. The number of hydrogen-bond acceptors (Lipinski definition) is 8. The molecule has 0 aliphatic carbocycles. The predicted octanol–water partition coefficient (Wildman–Crippen LogP) is 2.25. The number of thioether (sulfide) groups is 1. The van der Waals surface area contributed by atoms with Crippen molar-refractivity contribution in [2.24, 2.45) is 0 Å². The van der Waals surface area contributed by atoms with Crippen LogP contribution in [0.1, 0.15) is 5.76 Å². The number of furan rings is 1. The maximum absolute atomic E-state index is 13.4. The quantitative estimate of drug-likeness (QED) is 0.423. The molecule has 11 heteroatoms. The normalized spacial score (nSPS) is 11.0. The molecule has 160 valence electrons. The number of nitrogens with one attached hydrogen (secondary N) is 1. The molecule has 0 fully saturated rings. The van der Waals surface area contributed by atoms with E-state index in [1.165, 1.54) is 41.0 Å². The van der Waals surface area contributed by atoms with Crippen molar-refractivity contribution in [1.29, 1.82) is 0 Å². The highest BCUT2D eigenvalue weighted by Crippen LogP contribution is 2.26. The predicted molar refractivity (Wildman–Crippen MR) is 118 cm³/mol. The molecule has 0 saturated heterocycles. The minimum absolute atomic E-state index is 0.184. The Morgan fingerprint density at radius 3 is 2.77 bits per heavy atom. The molecule has 1 N–H and O–H groups in total. The standard InChI is InChI=1S/C20H18N4O5S2/c1-28-14-8-4-3-7-13(14)24-18(26)16-17(22-19(30-2)31-16)23(20(24)27)11-15(25)21-10-12-6-5-9-29-12/h3-9H,10-11H2,1-2H3,(H,21,25). The van der Waals surface area contributed by atoms with Crippen molar-refractivity contribution < 1.29 is 13.9 Å². The number of aromatic nitrogens is 3. The molecule has 0 spiro atoms. The van der Waals surface area contributed by atoms with E-state index in [4.69, 9.17) is 9.15 Å². The van der Waals surface area contributed by atoms with Gasteiger partial charge in [-0.25, -0.2) is 14.3 Å². The Morgan fingerprint density at radius 2 is 2.06 bits per heavy atom. The molecule has 0 atom stereocenters. The van der Waals surface area contributed by atoms with Gasteiger partial charge in [-0.1, -0.05) is 23.9 Å². The second kappa shape index (κ2) is 8.82. The maximum atomic E-state index is 13.4. The largest absolute Gasteiger partial charge is 0.495 e. The fourth-order valence-electron chi connectivity index (χ4n) is 3.07. The van der Waals surface area contributed by atoms with Crippen LogP contribution in [0.4, 0.5) is 0 Å². The highest BCUT2D eigenvalue weighted by Gasteiger charge is 2.22. The molecule has 4 aromatic rings. The van der Waals surface area contributed by atoms with Crippen molar-refractivity contribution in [3.05, 3.63) is 69.3 Å². The number of methoxy groups -OCH3 is 1. The number of benzene rings is 1. The molecule has 0 radical (unpaired) electrons. The van der Waals surface area contributed by atoms with E-state index in [0.717, 1.165) is 4.57 Å². The second-order valence-electron chi connectivity index (χ2n) is 6.37. The molecular weight excluding hydrogens is 440 g/mol. The fourth-order valence-corrected chi connectivity index (χ4v) is 4.56. The number of carbonyl (C=O) groups is 1. The van der Waals surface area contributed by atoms with Crippen LogP contribution >= 0.6 is 23.1 Å². The van der Waals surface area contributed by atoms with Crippen LogP contribution < -0.4 is 21.3 Å². The van der Waals surface area contributed by atoms with Crippen LogP contribution in [0, 0.1) is 0 Å². The van der Waals surface area contributed by atoms with Gasteiger partial charge in [0.1, 0.15) is 22.8 Å². The van der Waals surface area contributed by atoms with Gasteiger partial charge in [0.05, 0.1) is 25.6 Å². The topological polar surface area (TPSA) is 108 Å². The summed E-state index contributed by atoms with van der Waals surface area (Å²) in [5.41, 5.74) is -0.697. The number of nitrogens with zero attached hydrogens (tertiary/aromatic N) is 3. The molecule has 3 aromatic heterocycles. The number of fused-ring (bicyclic) bond motifs is 1. The van der Waals surface area contributed by atoms with Crippen LogP contribution in [0.2, 0.25) is 0 Å². The van der Waals surface area contributed by atoms with E-state index in [2.05, 4.69) is 10.3 Å². The van der Waals surface area contributed by atoms with Crippen LogP contribution in [-0.4, -0.2) is 33.4 Å². The number of thiazole rings is 1. The molecule has 0 saturated carbocycles. The first-order valence-electron chi connectivity index (χ1n) is 9.16. The zero-order chi connectivity index (χ0) is 22.0. The Kier molecular flexibility index (Phi) is 5.96. The Hall–Kier alpha value is -3.31. The first kappa shape index (κ1) is 20.9. The van der Waals surface area contributed by atoms with Crippen molar-refractivity contribution >= 4 is 39.4 Å². The highest BCUT2D eigenvalue weighted by atomic mass is 32.2. The summed E-state index contributed by atoms with van der Waals surface area (Å²) in [4.78, 5) is 43.6. The van der Waals surface area contributed by atoms with Gasteiger partial charge in [0, 0.05) is 0 Å². The lowest BCUT2D eigenvalue weighted by Crippen LogP contribution is -2.41. The van der Waals surface area contributed by atoms with Gasteiger partial charge in [0.2, 0.25) is 5.91 Å². The Bertz CT molecular complexity index is 1350. The van der Waals surface area contributed by atoms with E-state index < -0.39 is 17.2 Å². The molecule has 3 heterocycles. The Labute approximate surface area is 184 Å². The number of carbonyl (C=O) groups excluding carboxylic acids is 1. The van der Waals surface area contributed by atoms with Gasteiger partial charge in [0.15, 0.2) is 9.99 Å². The zero-order valence-electron chi connectivity index (χ0n) is 16.7. The van der Waals surface area contributed by atoms with E-state index >= 15 is 0 Å². The first-order chi connectivity index (χ1) is 15.0. The third-order valence-corrected chi connectivity index (χ3v) is 6.52. The van der Waals surface area contributed by atoms with Crippen LogP contribution in [0.15, 0.2) is 61.0 Å². The average Bonchev–Trinajstić information content (AvgIpc) is 3.45. The third kappa shape index (κ3) is 4.01. The van der Waals surface area contributed by atoms with Crippen LogP contribution in [0.5, 0.6) is 5.75 Å². The average molecular weight is 459 g/mol. The number of para-hydroxylation sites is 2.